The monoisotopic (exact) mass is 266 g/mol. The Morgan fingerprint density at radius 1 is 1.25 bits per heavy atom. The van der Waals surface area contributed by atoms with E-state index >= 15 is 0 Å². The maximum atomic E-state index is 9.41. The molecule has 0 atom stereocenters. The number of rotatable bonds is 3. The SMILES string of the molecule is CCc1cc(CC)n(-c2nc3c(cc2C#N)CCC3)n1. The van der Waals surface area contributed by atoms with E-state index in [1.54, 1.807) is 0 Å². The van der Waals surface area contributed by atoms with Crippen LogP contribution in [0.3, 0.4) is 0 Å². The van der Waals surface area contributed by atoms with Gasteiger partial charge in [-0.05, 0) is 49.8 Å². The molecular weight excluding hydrogens is 248 g/mol. The maximum absolute atomic E-state index is 9.41. The predicted octanol–water partition coefficient (Wildman–Crippen LogP) is 2.75. The van der Waals surface area contributed by atoms with Gasteiger partial charge in [0.05, 0.1) is 11.3 Å². The lowest BCUT2D eigenvalue weighted by atomic mass is 10.1. The normalized spacial score (nSPS) is 13.2. The average Bonchev–Trinajstić information content (AvgIpc) is 3.10. The standard InChI is InChI=1S/C16H18N4/c1-3-13-9-14(4-2)20(19-13)16-12(10-17)8-11-6-5-7-15(11)18-16/h8-9H,3-7H2,1-2H3. The zero-order chi connectivity index (χ0) is 14.1. The second-order valence-corrected chi connectivity index (χ2v) is 5.18. The highest BCUT2D eigenvalue weighted by atomic mass is 15.3. The van der Waals surface area contributed by atoms with Crippen LogP contribution < -0.4 is 0 Å². The van der Waals surface area contributed by atoms with Crippen LogP contribution in [0.2, 0.25) is 0 Å². The summed E-state index contributed by atoms with van der Waals surface area (Å²) in [6, 6.07) is 6.38. The number of fused-ring (bicyclic) bond motifs is 1. The van der Waals surface area contributed by atoms with Gasteiger partial charge in [0, 0.05) is 11.4 Å². The van der Waals surface area contributed by atoms with E-state index in [1.807, 2.05) is 10.7 Å². The molecule has 1 aliphatic carbocycles. The lowest BCUT2D eigenvalue weighted by molar-refractivity contribution is 0.763. The van der Waals surface area contributed by atoms with Gasteiger partial charge in [0.1, 0.15) is 6.07 Å². The summed E-state index contributed by atoms with van der Waals surface area (Å²) in [4.78, 5) is 4.73. The third-order valence-electron chi connectivity index (χ3n) is 3.91. The van der Waals surface area contributed by atoms with Crippen LogP contribution in [0.4, 0.5) is 0 Å². The predicted molar refractivity (Wildman–Crippen MR) is 76.9 cm³/mol. The smallest absolute Gasteiger partial charge is 0.171 e. The molecule has 0 unspecified atom stereocenters. The van der Waals surface area contributed by atoms with Gasteiger partial charge in [0.25, 0.3) is 0 Å². The van der Waals surface area contributed by atoms with E-state index in [9.17, 15) is 5.26 Å². The first-order valence-electron chi connectivity index (χ1n) is 7.27. The molecule has 0 spiro atoms. The molecular formula is C16H18N4. The van der Waals surface area contributed by atoms with Crippen LogP contribution in [0.5, 0.6) is 0 Å². The fourth-order valence-electron chi connectivity index (χ4n) is 2.79. The van der Waals surface area contributed by atoms with Crippen molar-refractivity contribution in [3.63, 3.8) is 0 Å². The van der Waals surface area contributed by atoms with Gasteiger partial charge >= 0.3 is 0 Å². The Labute approximate surface area is 119 Å². The molecule has 0 N–H and O–H groups in total. The van der Waals surface area contributed by atoms with Crippen LogP contribution >= 0.6 is 0 Å². The molecule has 4 heteroatoms. The molecule has 102 valence electrons. The third-order valence-corrected chi connectivity index (χ3v) is 3.91. The molecule has 0 bridgehead atoms. The number of nitrogens with zero attached hydrogens (tertiary/aromatic N) is 4. The Balaban J connectivity index is 2.19. The van der Waals surface area contributed by atoms with E-state index in [-0.39, 0.29) is 0 Å². The first-order chi connectivity index (χ1) is 9.76. The van der Waals surface area contributed by atoms with Crippen molar-refractivity contribution in [2.75, 3.05) is 0 Å². The van der Waals surface area contributed by atoms with Crippen LogP contribution in [0, 0.1) is 11.3 Å². The number of nitriles is 1. The highest BCUT2D eigenvalue weighted by Gasteiger charge is 2.19. The molecule has 20 heavy (non-hydrogen) atoms. The van der Waals surface area contributed by atoms with Crippen molar-refractivity contribution in [2.45, 2.75) is 46.0 Å². The van der Waals surface area contributed by atoms with Gasteiger partial charge in [-0.15, -0.1) is 0 Å². The van der Waals surface area contributed by atoms with Crippen molar-refractivity contribution >= 4 is 0 Å². The summed E-state index contributed by atoms with van der Waals surface area (Å²) in [6.45, 7) is 4.19. The first kappa shape index (κ1) is 12.9. The largest absolute Gasteiger partial charge is 0.232 e. The van der Waals surface area contributed by atoms with Gasteiger partial charge in [-0.1, -0.05) is 13.8 Å². The molecule has 0 aliphatic heterocycles. The van der Waals surface area contributed by atoms with E-state index in [1.165, 1.54) is 5.56 Å². The van der Waals surface area contributed by atoms with E-state index in [2.05, 4.69) is 31.1 Å². The highest BCUT2D eigenvalue weighted by molar-refractivity contribution is 5.48. The fraction of sp³-hybridized carbons (Fsp3) is 0.438. The minimum absolute atomic E-state index is 0.631. The second-order valence-electron chi connectivity index (χ2n) is 5.18. The molecule has 4 nitrogen and oxygen atoms in total. The van der Waals surface area contributed by atoms with Crippen LogP contribution in [-0.4, -0.2) is 14.8 Å². The molecule has 2 aromatic rings. The van der Waals surface area contributed by atoms with Crippen LogP contribution in [0.1, 0.15) is 48.5 Å². The maximum Gasteiger partial charge on any atom is 0.171 e. The van der Waals surface area contributed by atoms with Crippen molar-refractivity contribution in [1.29, 1.82) is 5.26 Å². The summed E-state index contributed by atoms with van der Waals surface area (Å²) in [6.07, 6.45) is 4.97. The second kappa shape index (κ2) is 5.09. The number of aryl methyl sites for hydroxylation is 4. The lowest BCUT2D eigenvalue weighted by Crippen LogP contribution is -2.08. The summed E-state index contributed by atoms with van der Waals surface area (Å²) in [5.41, 5.74) is 5.16. The van der Waals surface area contributed by atoms with Crippen LogP contribution in [0.25, 0.3) is 5.82 Å². The average molecular weight is 266 g/mol. The molecule has 0 fully saturated rings. The van der Waals surface area contributed by atoms with Gasteiger partial charge in [0.15, 0.2) is 5.82 Å². The summed E-state index contributed by atoms with van der Waals surface area (Å²) in [5.74, 6) is 0.699. The lowest BCUT2D eigenvalue weighted by Gasteiger charge is -2.09. The molecule has 0 radical (unpaired) electrons. The Morgan fingerprint density at radius 2 is 2.10 bits per heavy atom. The van der Waals surface area contributed by atoms with Crippen LogP contribution in [0.15, 0.2) is 12.1 Å². The van der Waals surface area contributed by atoms with Gasteiger partial charge in [-0.25, -0.2) is 9.67 Å². The summed E-state index contributed by atoms with van der Waals surface area (Å²) >= 11 is 0. The van der Waals surface area contributed by atoms with Crippen molar-refractivity contribution in [2.24, 2.45) is 0 Å². The fourth-order valence-corrected chi connectivity index (χ4v) is 2.79. The van der Waals surface area contributed by atoms with E-state index in [0.717, 1.165) is 49.2 Å². The van der Waals surface area contributed by atoms with Crippen molar-refractivity contribution in [1.82, 2.24) is 14.8 Å². The van der Waals surface area contributed by atoms with Gasteiger partial charge < -0.3 is 0 Å². The Bertz CT molecular complexity index is 691. The number of hydrogen-bond acceptors (Lipinski definition) is 3. The van der Waals surface area contributed by atoms with E-state index in [0.29, 0.717) is 11.4 Å². The zero-order valence-electron chi connectivity index (χ0n) is 12.0. The molecule has 2 heterocycles. The number of aromatic nitrogens is 3. The zero-order valence-corrected chi connectivity index (χ0v) is 12.0. The molecule has 0 amide bonds. The van der Waals surface area contributed by atoms with Gasteiger partial charge in [-0.2, -0.15) is 10.4 Å². The number of hydrogen-bond donors (Lipinski definition) is 0. The van der Waals surface area contributed by atoms with Crippen molar-refractivity contribution < 1.29 is 0 Å². The summed E-state index contributed by atoms with van der Waals surface area (Å²) in [5, 5.41) is 14.0. The minimum Gasteiger partial charge on any atom is -0.232 e. The Morgan fingerprint density at radius 3 is 2.80 bits per heavy atom. The Hall–Kier alpha value is -2.15. The molecule has 0 saturated heterocycles. The van der Waals surface area contributed by atoms with Crippen molar-refractivity contribution in [3.05, 3.63) is 40.3 Å². The summed E-state index contributed by atoms with van der Waals surface area (Å²) < 4.78 is 1.86. The topological polar surface area (TPSA) is 54.5 Å². The van der Waals surface area contributed by atoms with E-state index in [4.69, 9.17) is 4.98 Å². The van der Waals surface area contributed by atoms with Crippen LogP contribution in [-0.2, 0) is 25.7 Å². The van der Waals surface area contributed by atoms with Gasteiger partial charge in [0.2, 0.25) is 0 Å². The molecule has 0 aromatic carbocycles. The number of pyridine rings is 1. The van der Waals surface area contributed by atoms with Gasteiger partial charge in [-0.3, -0.25) is 0 Å². The quantitative estimate of drug-likeness (QED) is 0.858. The van der Waals surface area contributed by atoms with E-state index < -0.39 is 0 Å². The first-order valence-corrected chi connectivity index (χ1v) is 7.27. The molecule has 2 aromatic heterocycles. The molecule has 1 aliphatic rings. The highest BCUT2D eigenvalue weighted by Crippen LogP contribution is 2.25. The Kier molecular flexibility index (Phi) is 3.27. The third kappa shape index (κ3) is 2.00. The molecule has 0 saturated carbocycles. The summed E-state index contributed by atoms with van der Waals surface area (Å²) in [7, 11) is 0. The minimum atomic E-state index is 0.631. The van der Waals surface area contributed by atoms with Crippen molar-refractivity contribution in [3.8, 4) is 11.9 Å². The molecule has 3 rings (SSSR count).